The molecular formula is C22H28N2O4S. The van der Waals surface area contributed by atoms with Crippen molar-refractivity contribution in [2.45, 2.75) is 56.9 Å². The van der Waals surface area contributed by atoms with Crippen LogP contribution in [0.15, 0.2) is 47.4 Å². The SMILES string of the molecule is Cc1cccc(C)c1NC(=O)COc1ccc(S(=O)(=O)NC2CCCCC2)cc1. The third-order valence-electron chi connectivity index (χ3n) is 5.18. The molecule has 1 aliphatic carbocycles. The molecule has 0 radical (unpaired) electrons. The summed E-state index contributed by atoms with van der Waals surface area (Å²) >= 11 is 0. The number of carbonyl (C=O) groups is 1. The Morgan fingerprint density at radius 2 is 1.62 bits per heavy atom. The minimum Gasteiger partial charge on any atom is -0.484 e. The van der Waals surface area contributed by atoms with Crippen LogP contribution in [0.2, 0.25) is 0 Å². The van der Waals surface area contributed by atoms with Gasteiger partial charge in [-0.1, -0.05) is 37.5 Å². The van der Waals surface area contributed by atoms with E-state index in [2.05, 4.69) is 10.0 Å². The fourth-order valence-corrected chi connectivity index (χ4v) is 4.86. The number of benzene rings is 2. The molecule has 1 saturated carbocycles. The summed E-state index contributed by atoms with van der Waals surface area (Å²) in [7, 11) is -3.54. The van der Waals surface area contributed by atoms with Crippen LogP contribution in [0.25, 0.3) is 0 Å². The first-order valence-corrected chi connectivity index (χ1v) is 11.4. The van der Waals surface area contributed by atoms with Crippen molar-refractivity contribution in [3.63, 3.8) is 0 Å². The molecule has 29 heavy (non-hydrogen) atoms. The predicted octanol–water partition coefficient (Wildman–Crippen LogP) is 3.93. The summed E-state index contributed by atoms with van der Waals surface area (Å²) in [6.07, 6.45) is 5.06. The van der Waals surface area contributed by atoms with Crippen LogP contribution in [0.4, 0.5) is 5.69 Å². The number of carbonyl (C=O) groups excluding carboxylic acids is 1. The molecule has 0 aromatic heterocycles. The van der Waals surface area contributed by atoms with E-state index in [1.807, 2.05) is 32.0 Å². The molecule has 0 spiro atoms. The molecule has 0 heterocycles. The molecule has 0 bridgehead atoms. The monoisotopic (exact) mass is 416 g/mol. The number of ether oxygens (including phenoxy) is 1. The van der Waals surface area contributed by atoms with Gasteiger partial charge in [0.1, 0.15) is 5.75 Å². The van der Waals surface area contributed by atoms with Crippen LogP contribution in [-0.2, 0) is 14.8 Å². The highest BCUT2D eigenvalue weighted by Gasteiger charge is 2.21. The Labute approximate surface area is 172 Å². The van der Waals surface area contributed by atoms with Gasteiger partial charge < -0.3 is 10.1 Å². The smallest absolute Gasteiger partial charge is 0.262 e. The van der Waals surface area contributed by atoms with E-state index < -0.39 is 10.0 Å². The molecule has 0 saturated heterocycles. The zero-order valence-corrected chi connectivity index (χ0v) is 17.7. The second kappa shape index (κ2) is 9.41. The van der Waals surface area contributed by atoms with E-state index in [1.165, 1.54) is 18.6 Å². The molecule has 3 rings (SSSR count). The molecule has 1 fully saturated rings. The summed E-state index contributed by atoms with van der Waals surface area (Å²) in [6, 6.07) is 12.0. The Morgan fingerprint density at radius 1 is 1.00 bits per heavy atom. The molecular weight excluding hydrogens is 388 g/mol. The number of rotatable bonds is 7. The highest BCUT2D eigenvalue weighted by Crippen LogP contribution is 2.22. The number of anilines is 1. The fourth-order valence-electron chi connectivity index (χ4n) is 3.56. The maximum atomic E-state index is 12.5. The topological polar surface area (TPSA) is 84.5 Å². The Kier molecular flexibility index (Phi) is 6.92. The van der Waals surface area contributed by atoms with Crippen molar-refractivity contribution in [2.24, 2.45) is 0 Å². The van der Waals surface area contributed by atoms with Crippen molar-refractivity contribution in [3.8, 4) is 5.75 Å². The van der Waals surface area contributed by atoms with E-state index in [1.54, 1.807) is 12.1 Å². The van der Waals surface area contributed by atoms with Crippen LogP contribution in [0.3, 0.4) is 0 Å². The minimum atomic E-state index is -3.54. The molecule has 0 unspecified atom stereocenters. The molecule has 1 amide bonds. The maximum absolute atomic E-state index is 12.5. The lowest BCUT2D eigenvalue weighted by Gasteiger charge is -2.22. The lowest BCUT2D eigenvalue weighted by atomic mass is 9.96. The molecule has 6 nitrogen and oxygen atoms in total. The predicted molar refractivity (Wildman–Crippen MR) is 114 cm³/mol. The van der Waals surface area contributed by atoms with Crippen molar-refractivity contribution in [1.82, 2.24) is 4.72 Å². The van der Waals surface area contributed by atoms with Gasteiger partial charge in [-0.25, -0.2) is 13.1 Å². The van der Waals surface area contributed by atoms with Gasteiger partial charge in [-0.3, -0.25) is 4.79 Å². The number of hydrogen-bond acceptors (Lipinski definition) is 4. The quantitative estimate of drug-likeness (QED) is 0.716. The first kappa shape index (κ1) is 21.3. The van der Waals surface area contributed by atoms with E-state index in [-0.39, 0.29) is 23.5 Å². The summed E-state index contributed by atoms with van der Waals surface area (Å²) in [4.78, 5) is 12.4. The Hall–Kier alpha value is -2.38. The zero-order valence-electron chi connectivity index (χ0n) is 16.9. The van der Waals surface area contributed by atoms with Gasteiger partial charge in [0.2, 0.25) is 10.0 Å². The highest BCUT2D eigenvalue weighted by molar-refractivity contribution is 7.89. The Morgan fingerprint density at radius 3 is 2.24 bits per heavy atom. The number of hydrogen-bond donors (Lipinski definition) is 2. The van der Waals surface area contributed by atoms with Crippen LogP contribution >= 0.6 is 0 Å². The van der Waals surface area contributed by atoms with Crippen molar-refractivity contribution in [2.75, 3.05) is 11.9 Å². The van der Waals surface area contributed by atoms with Crippen LogP contribution in [0.5, 0.6) is 5.75 Å². The van der Waals surface area contributed by atoms with E-state index in [0.717, 1.165) is 42.5 Å². The number of aryl methyl sites for hydroxylation is 2. The van der Waals surface area contributed by atoms with Gasteiger partial charge in [0, 0.05) is 11.7 Å². The standard InChI is InChI=1S/C22H28N2O4S/c1-16-7-6-8-17(2)22(16)23-21(25)15-28-19-11-13-20(14-12-19)29(26,27)24-18-9-4-3-5-10-18/h6-8,11-14,18,24H,3-5,9-10,15H2,1-2H3,(H,23,25). The lowest BCUT2D eigenvalue weighted by molar-refractivity contribution is -0.118. The van der Waals surface area contributed by atoms with Gasteiger partial charge in [-0.15, -0.1) is 0 Å². The number of nitrogens with one attached hydrogen (secondary N) is 2. The lowest BCUT2D eigenvalue weighted by Crippen LogP contribution is -2.36. The molecule has 1 aliphatic rings. The normalized spacial score (nSPS) is 15.1. The van der Waals surface area contributed by atoms with Gasteiger partial charge in [0.05, 0.1) is 4.90 Å². The second-order valence-electron chi connectivity index (χ2n) is 7.53. The average molecular weight is 417 g/mol. The molecule has 0 aliphatic heterocycles. The van der Waals surface area contributed by atoms with E-state index in [4.69, 9.17) is 4.74 Å². The fraction of sp³-hybridized carbons (Fsp3) is 0.409. The third-order valence-corrected chi connectivity index (χ3v) is 6.71. The first-order chi connectivity index (χ1) is 13.8. The summed E-state index contributed by atoms with van der Waals surface area (Å²) in [6.45, 7) is 3.72. The summed E-state index contributed by atoms with van der Waals surface area (Å²) < 4.78 is 33.4. The average Bonchev–Trinajstić information content (AvgIpc) is 2.70. The van der Waals surface area contributed by atoms with E-state index >= 15 is 0 Å². The largest absolute Gasteiger partial charge is 0.484 e. The first-order valence-electron chi connectivity index (χ1n) is 9.96. The van der Waals surface area contributed by atoms with Crippen LogP contribution in [0.1, 0.15) is 43.2 Å². The van der Waals surface area contributed by atoms with E-state index in [9.17, 15) is 13.2 Å². The number of para-hydroxylation sites is 1. The maximum Gasteiger partial charge on any atom is 0.262 e. The number of amides is 1. The van der Waals surface area contributed by atoms with Crippen LogP contribution in [0, 0.1) is 13.8 Å². The minimum absolute atomic E-state index is 0.0123. The second-order valence-corrected chi connectivity index (χ2v) is 9.25. The molecule has 156 valence electrons. The highest BCUT2D eigenvalue weighted by atomic mass is 32.2. The molecule has 2 N–H and O–H groups in total. The zero-order chi connectivity index (χ0) is 20.9. The Balaban J connectivity index is 1.55. The molecule has 0 atom stereocenters. The van der Waals surface area contributed by atoms with Gasteiger partial charge in [-0.2, -0.15) is 0 Å². The summed E-state index contributed by atoms with van der Waals surface area (Å²) in [5, 5.41) is 2.86. The van der Waals surface area contributed by atoms with Crippen LogP contribution < -0.4 is 14.8 Å². The van der Waals surface area contributed by atoms with Gasteiger partial charge >= 0.3 is 0 Å². The third kappa shape index (κ3) is 5.81. The van der Waals surface area contributed by atoms with E-state index in [0.29, 0.717) is 5.75 Å². The Bertz CT molecular complexity index is 929. The van der Waals surface area contributed by atoms with Gasteiger partial charge in [-0.05, 0) is 62.1 Å². The van der Waals surface area contributed by atoms with Gasteiger partial charge in [0.25, 0.3) is 5.91 Å². The summed E-state index contributed by atoms with van der Waals surface area (Å²) in [5.41, 5.74) is 2.76. The molecule has 2 aromatic rings. The molecule has 2 aromatic carbocycles. The van der Waals surface area contributed by atoms with Crippen molar-refractivity contribution in [1.29, 1.82) is 0 Å². The van der Waals surface area contributed by atoms with Crippen molar-refractivity contribution >= 4 is 21.6 Å². The summed E-state index contributed by atoms with van der Waals surface area (Å²) in [5.74, 6) is 0.177. The molecule has 7 heteroatoms. The number of sulfonamides is 1. The van der Waals surface area contributed by atoms with Gasteiger partial charge in [0.15, 0.2) is 6.61 Å². The van der Waals surface area contributed by atoms with Crippen LogP contribution in [-0.4, -0.2) is 27.0 Å². The van der Waals surface area contributed by atoms with Crippen molar-refractivity contribution in [3.05, 3.63) is 53.6 Å². The van der Waals surface area contributed by atoms with Crippen molar-refractivity contribution < 1.29 is 17.9 Å².